The van der Waals surface area contributed by atoms with E-state index in [9.17, 15) is 0 Å². The van der Waals surface area contributed by atoms with Gasteiger partial charge < -0.3 is 10.2 Å². The second-order valence-corrected chi connectivity index (χ2v) is 5.48. The lowest BCUT2D eigenvalue weighted by Gasteiger charge is -2.22. The van der Waals surface area contributed by atoms with E-state index in [-0.39, 0.29) is 11.3 Å². The lowest BCUT2D eigenvalue weighted by molar-refractivity contribution is 0.949. The van der Waals surface area contributed by atoms with E-state index in [0.717, 1.165) is 41.8 Å². The monoisotopic (exact) mass is 341 g/mol. The maximum Gasteiger partial charge on any atom is 0.163 e. The highest BCUT2D eigenvalue weighted by molar-refractivity contribution is 9.10. The van der Waals surface area contributed by atoms with Crippen molar-refractivity contribution >= 4 is 27.3 Å². The van der Waals surface area contributed by atoms with E-state index in [1.54, 1.807) is 12.1 Å². The number of nitrogens with zero attached hydrogens (tertiary/aromatic N) is 4. The van der Waals surface area contributed by atoms with Crippen LogP contribution in [-0.4, -0.2) is 13.1 Å². The van der Waals surface area contributed by atoms with Crippen molar-refractivity contribution < 1.29 is 0 Å². The van der Waals surface area contributed by atoms with Gasteiger partial charge in [0.25, 0.3) is 0 Å². The van der Waals surface area contributed by atoms with Gasteiger partial charge in [0.05, 0.1) is 11.4 Å². The SMILES string of the molecule is N#CC(C#N)=C(C#N)Nc1ccc(Br)cc1N1CCCC1. The molecule has 0 radical (unpaired) electrons. The van der Waals surface area contributed by atoms with Crippen LogP contribution in [0.25, 0.3) is 0 Å². The van der Waals surface area contributed by atoms with E-state index in [4.69, 9.17) is 15.8 Å². The largest absolute Gasteiger partial charge is 0.370 e. The summed E-state index contributed by atoms with van der Waals surface area (Å²) < 4.78 is 0.943. The van der Waals surface area contributed by atoms with Gasteiger partial charge >= 0.3 is 0 Å². The fourth-order valence-electron chi connectivity index (χ4n) is 2.25. The highest BCUT2D eigenvalue weighted by Crippen LogP contribution is 2.32. The normalized spacial score (nSPS) is 13.0. The zero-order valence-corrected chi connectivity index (χ0v) is 12.8. The van der Waals surface area contributed by atoms with Gasteiger partial charge in [-0.15, -0.1) is 0 Å². The van der Waals surface area contributed by atoms with Crippen LogP contribution in [0.1, 0.15) is 12.8 Å². The molecule has 0 atom stereocenters. The third-order valence-corrected chi connectivity index (χ3v) is 3.74. The molecule has 1 aromatic rings. The molecular weight excluding hydrogens is 330 g/mol. The zero-order valence-electron chi connectivity index (χ0n) is 11.2. The minimum atomic E-state index is -0.215. The number of nitriles is 3. The fourth-order valence-corrected chi connectivity index (χ4v) is 2.60. The van der Waals surface area contributed by atoms with Gasteiger partial charge in [-0.2, -0.15) is 15.8 Å². The van der Waals surface area contributed by atoms with Crippen molar-refractivity contribution in [3.05, 3.63) is 33.9 Å². The Morgan fingerprint density at radius 2 is 1.76 bits per heavy atom. The standard InChI is InChI=1S/C15H12BrN5/c16-12-3-4-13(15(7-12)21-5-1-2-6-21)20-14(10-19)11(8-17)9-18/h3-4,7,20H,1-2,5-6H2. The zero-order chi connectivity index (χ0) is 15.2. The first-order valence-corrected chi connectivity index (χ1v) is 7.25. The summed E-state index contributed by atoms with van der Waals surface area (Å²) in [5.41, 5.74) is 1.44. The molecule has 1 heterocycles. The summed E-state index contributed by atoms with van der Waals surface area (Å²) in [4.78, 5) is 2.22. The van der Waals surface area contributed by atoms with Crippen LogP contribution in [-0.2, 0) is 0 Å². The first-order chi connectivity index (χ1) is 10.2. The van der Waals surface area contributed by atoms with Gasteiger partial charge in [-0.05, 0) is 31.0 Å². The first kappa shape index (κ1) is 14.9. The van der Waals surface area contributed by atoms with Crippen molar-refractivity contribution in [3.8, 4) is 18.2 Å². The number of allylic oxidation sites excluding steroid dienone is 2. The van der Waals surface area contributed by atoms with Gasteiger partial charge in [-0.1, -0.05) is 15.9 Å². The Labute approximate surface area is 131 Å². The molecule has 0 aliphatic carbocycles. The van der Waals surface area contributed by atoms with Crippen LogP contribution in [0.5, 0.6) is 0 Å². The summed E-state index contributed by atoms with van der Waals surface area (Å²) in [6.45, 7) is 1.92. The summed E-state index contributed by atoms with van der Waals surface area (Å²) in [7, 11) is 0. The molecule has 2 rings (SSSR count). The third kappa shape index (κ3) is 3.34. The van der Waals surface area contributed by atoms with Crippen molar-refractivity contribution in [2.45, 2.75) is 12.8 Å². The van der Waals surface area contributed by atoms with Crippen LogP contribution in [0.2, 0.25) is 0 Å². The molecule has 1 saturated heterocycles. The lowest BCUT2D eigenvalue weighted by atomic mass is 10.2. The molecule has 21 heavy (non-hydrogen) atoms. The maximum atomic E-state index is 9.14. The molecule has 1 N–H and O–H groups in total. The number of halogens is 1. The molecule has 1 fully saturated rings. The lowest BCUT2D eigenvalue weighted by Crippen LogP contribution is -2.19. The summed E-state index contributed by atoms with van der Waals surface area (Å²) in [6.07, 6.45) is 2.27. The average Bonchev–Trinajstić information content (AvgIpc) is 3.02. The topological polar surface area (TPSA) is 86.6 Å². The Balaban J connectivity index is 2.41. The number of hydrogen-bond donors (Lipinski definition) is 1. The van der Waals surface area contributed by atoms with Gasteiger partial charge in [-0.25, -0.2) is 0 Å². The third-order valence-electron chi connectivity index (χ3n) is 3.25. The quantitative estimate of drug-likeness (QED) is 0.852. The fraction of sp³-hybridized carbons (Fsp3) is 0.267. The van der Waals surface area contributed by atoms with E-state index in [1.165, 1.54) is 0 Å². The van der Waals surface area contributed by atoms with Gasteiger partial charge in [-0.3, -0.25) is 0 Å². The highest BCUT2D eigenvalue weighted by Gasteiger charge is 2.17. The van der Waals surface area contributed by atoms with Crippen molar-refractivity contribution in [2.75, 3.05) is 23.3 Å². The molecule has 0 amide bonds. The predicted octanol–water partition coefficient (Wildman–Crippen LogP) is 3.29. The van der Waals surface area contributed by atoms with E-state index < -0.39 is 0 Å². The number of nitrogens with one attached hydrogen (secondary N) is 1. The van der Waals surface area contributed by atoms with E-state index in [2.05, 4.69) is 26.1 Å². The van der Waals surface area contributed by atoms with Crippen LogP contribution in [0.3, 0.4) is 0 Å². The van der Waals surface area contributed by atoms with Crippen LogP contribution < -0.4 is 10.2 Å². The van der Waals surface area contributed by atoms with Crippen molar-refractivity contribution in [1.29, 1.82) is 15.8 Å². The predicted molar refractivity (Wildman–Crippen MR) is 83.1 cm³/mol. The summed E-state index contributed by atoms with van der Waals surface area (Å²) in [6, 6.07) is 11.0. The van der Waals surface area contributed by atoms with Crippen molar-refractivity contribution in [1.82, 2.24) is 0 Å². The number of anilines is 2. The van der Waals surface area contributed by atoms with Gasteiger partial charge in [0.1, 0.15) is 23.9 Å². The molecule has 0 aromatic heterocycles. The summed E-state index contributed by atoms with van der Waals surface area (Å²) in [5, 5.41) is 29.8. The molecule has 1 aromatic carbocycles. The number of rotatable bonds is 3. The first-order valence-electron chi connectivity index (χ1n) is 6.45. The number of hydrogen-bond acceptors (Lipinski definition) is 5. The van der Waals surface area contributed by atoms with Crippen LogP contribution in [0, 0.1) is 34.0 Å². The molecule has 5 nitrogen and oxygen atoms in total. The summed E-state index contributed by atoms with van der Waals surface area (Å²) >= 11 is 3.45. The Bertz CT molecular complexity index is 680. The summed E-state index contributed by atoms with van der Waals surface area (Å²) in [5.74, 6) is 0. The second kappa shape index (κ2) is 6.79. The minimum Gasteiger partial charge on any atom is -0.370 e. The van der Waals surface area contributed by atoms with E-state index >= 15 is 0 Å². The van der Waals surface area contributed by atoms with Gasteiger partial charge in [0.2, 0.25) is 0 Å². The highest BCUT2D eigenvalue weighted by atomic mass is 79.9. The smallest absolute Gasteiger partial charge is 0.163 e. The average molecular weight is 342 g/mol. The Hall–Kier alpha value is -2.49. The van der Waals surface area contributed by atoms with Crippen LogP contribution >= 0.6 is 15.9 Å². The molecular formula is C15H12BrN5. The van der Waals surface area contributed by atoms with Gasteiger partial charge in [0.15, 0.2) is 5.57 Å². The van der Waals surface area contributed by atoms with Crippen molar-refractivity contribution in [3.63, 3.8) is 0 Å². The minimum absolute atomic E-state index is 0.0252. The second-order valence-electron chi connectivity index (χ2n) is 4.57. The Morgan fingerprint density at radius 3 is 2.33 bits per heavy atom. The van der Waals surface area contributed by atoms with Gasteiger partial charge in [0, 0.05) is 17.6 Å². The Kier molecular flexibility index (Phi) is 4.82. The molecule has 0 saturated carbocycles. The van der Waals surface area contributed by atoms with Crippen molar-refractivity contribution in [2.24, 2.45) is 0 Å². The van der Waals surface area contributed by atoms with E-state index in [1.807, 2.05) is 24.3 Å². The van der Waals surface area contributed by atoms with Crippen LogP contribution in [0.4, 0.5) is 11.4 Å². The Morgan fingerprint density at radius 1 is 1.10 bits per heavy atom. The molecule has 1 aliphatic heterocycles. The van der Waals surface area contributed by atoms with E-state index in [0.29, 0.717) is 0 Å². The molecule has 104 valence electrons. The molecule has 6 heteroatoms. The molecule has 0 unspecified atom stereocenters. The molecule has 0 spiro atoms. The maximum absolute atomic E-state index is 9.14. The molecule has 0 bridgehead atoms. The van der Waals surface area contributed by atoms with Crippen LogP contribution in [0.15, 0.2) is 33.9 Å². The number of benzene rings is 1. The molecule has 1 aliphatic rings.